The van der Waals surface area contributed by atoms with Gasteiger partial charge in [0.1, 0.15) is 12.4 Å². The Morgan fingerprint density at radius 3 is 2.71 bits per heavy atom. The predicted molar refractivity (Wildman–Crippen MR) is 102 cm³/mol. The molecular weight excluding hydrogens is 366 g/mol. The molecule has 0 atom stereocenters. The molecule has 3 nitrogen and oxygen atoms in total. The lowest BCUT2D eigenvalue weighted by atomic mass is 10.1. The number of rotatable bonds is 5. The van der Waals surface area contributed by atoms with Crippen molar-refractivity contribution < 1.29 is 9.53 Å². The number of anilines is 1. The molecule has 0 fully saturated rings. The minimum atomic E-state index is -0.165. The molecule has 4 heteroatoms. The smallest absolute Gasteiger partial charge is 0.255 e. The monoisotopic (exact) mass is 381 g/mol. The van der Waals surface area contributed by atoms with Gasteiger partial charge in [-0.1, -0.05) is 49.1 Å². The van der Waals surface area contributed by atoms with E-state index in [-0.39, 0.29) is 5.91 Å². The Labute approximate surface area is 149 Å². The molecule has 3 aromatic rings. The Morgan fingerprint density at radius 2 is 1.92 bits per heavy atom. The first-order valence-electron chi connectivity index (χ1n) is 7.51. The predicted octanol–water partition coefficient (Wildman–Crippen LogP) is 5.42. The summed E-state index contributed by atoms with van der Waals surface area (Å²) in [6.07, 6.45) is 1.67. The first-order valence-corrected chi connectivity index (χ1v) is 8.30. The Hall–Kier alpha value is -2.59. The quantitative estimate of drug-likeness (QED) is 0.599. The van der Waals surface area contributed by atoms with Crippen LogP contribution in [0.15, 0.2) is 77.8 Å². The van der Waals surface area contributed by atoms with Gasteiger partial charge in [-0.3, -0.25) is 4.79 Å². The van der Waals surface area contributed by atoms with Crippen molar-refractivity contribution in [1.82, 2.24) is 0 Å². The molecule has 0 aliphatic carbocycles. The maximum atomic E-state index is 12.5. The fraction of sp³-hybridized carbons (Fsp3) is 0.0500. The van der Waals surface area contributed by atoms with E-state index in [1.165, 1.54) is 0 Å². The zero-order valence-electron chi connectivity index (χ0n) is 13.0. The number of benzene rings is 3. The number of hydrogen-bond donors (Lipinski definition) is 1. The number of amides is 1. The highest BCUT2D eigenvalue weighted by Gasteiger charge is 2.11. The SMILES string of the molecule is C=CCOc1ccc(C(=O)Nc2cccc3ccccc23)cc1Br. The van der Waals surface area contributed by atoms with Crippen LogP contribution in [0.1, 0.15) is 10.4 Å². The average Bonchev–Trinajstić information content (AvgIpc) is 2.61. The lowest BCUT2D eigenvalue weighted by Gasteiger charge is -2.10. The Morgan fingerprint density at radius 1 is 1.12 bits per heavy atom. The summed E-state index contributed by atoms with van der Waals surface area (Å²) in [4.78, 5) is 12.5. The van der Waals surface area contributed by atoms with Crippen LogP contribution in [0.5, 0.6) is 5.75 Å². The van der Waals surface area contributed by atoms with Crippen LogP contribution in [-0.2, 0) is 0 Å². The molecule has 0 spiro atoms. The maximum Gasteiger partial charge on any atom is 0.255 e. The van der Waals surface area contributed by atoms with Crippen molar-refractivity contribution in [2.24, 2.45) is 0 Å². The molecule has 0 radical (unpaired) electrons. The maximum absolute atomic E-state index is 12.5. The summed E-state index contributed by atoms with van der Waals surface area (Å²) in [7, 11) is 0. The van der Waals surface area contributed by atoms with Gasteiger partial charge in [0, 0.05) is 16.6 Å². The van der Waals surface area contributed by atoms with Gasteiger partial charge in [-0.2, -0.15) is 0 Å². The molecule has 0 aromatic heterocycles. The van der Waals surface area contributed by atoms with E-state index in [2.05, 4.69) is 27.8 Å². The van der Waals surface area contributed by atoms with Crippen molar-refractivity contribution in [3.8, 4) is 5.75 Å². The van der Waals surface area contributed by atoms with Crippen LogP contribution in [0.25, 0.3) is 10.8 Å². The van der Waals surface area contributed by atoms with Gasteiger partial charge in [0.15, 0.2) is 0 Å². The van der Waals surface area contributed by atoms with Crippen molar-refractivity contribution in [3.05, 3.63) is 83.4 Å². The number of fused-ring (bicyclic) bond motifs is 1. The van der Waals surface area contributed by atoms with Gasteiger partial charge in [-0.25, -0.2) is 0 Å². The second kappa shape index (κ2) is 7.32. The molecule has 1 amide bonds. The molecule has 0 saturated carbocycles. The van der Waals surface area contributed by atoms with E-state index in [0.717, 1.165) is 20.9 Å². The lowest BCUT2D eigenvalue weighted by Crippen LogP contribution is -2.12. The fourth-order valence-electron chi connectivity index (χ4n) is 2.44. The molecule has 0 heterocycles. The van der Waals surface area contributed by atoms with Gasteiger partial charge in [-0.15, -0.1) is 0 Å². The summed E-state index contributed by atoms with van der Waals surface area (Å²) in [6, 6.07) is 19.1. The normalized spacial score (nSPS) is 10.4. The molecule has 0 aliphatic rings. The lowest BCUT2D eigenvalue weighted by molar-refractivity contribution is 0.102. The van der Waals surface area contributed by atoms with Crippen molar-refractivity contribution in [2.75, 3.05) is 11.9 Å². The standard InChI is InChI=1S/C20H16BrNO2/c1-2-12-24-19-11-10-15(13-17(19)21)20(23)22-18-9-5-7-14-6-3-4-8-16(14)18/h2-11,13H,1,12H2,(H,22,23). The summed E-state index contributed by atoms with van der Waals surface area (Å²) >= 11 is 3.43. The molecule has 0 aliphatic heterocycles. The number of carbonyl (C=O) groups is 1. The highest BCUT2D eigenvalue weighted by atomic mass is 79.9. The van der Waals surface area contributed by atoms with E-state index in [0.29, 0.717) is 17.9 Å². The summed E-state index contributed by atoms with van der Waals surface area (Å²) < 4.78 is 6.23. The van der Waals surface area contributed by atoms with Gasteiger partial charge in [0.2, 0.25) is 0 Å². The number of carbonyl (C=O) groups excluding carboxylic acids is 1. The van der Waals surface area contributed by atoms with E-state index in [1.54, 1.807) is 24.3 Å². The molecule has 0 bridgehead atoms. The number of nitrogens with one attached hydrogen (secondary N) is 1. The second-order valence-corrected chi connectivity index (χ2v) is 6.08. The number of halogens is 1. The highest BCUT2D eigenvalue weighted by molar-refractivity contribution is 9.10. The Balaban J connectivity index is 1.84. The summed E-state index contributed by atoms with van der Waals surface area (Å²) in [5.74, 6) is 0.513. The van der Waals surface area contributed by atoms with Gasteiger partial charge in [-0.05, 0) is 45.6 Å². The third-order valence-corrected chi connectivity index (χ3v) is 4.21. The average molecular weight is 382 g/mol. The number of ether oxygens (including phenoxy) is 1. The van der Waals surface area contributed by atoms with Crippen LogP contribution in [0.2, 0.25) is 0 Å². The highest BCUT2D eigenvalue weighted by Crippen LogP contribution is 2.27. The first-order chi connectivity index (χ1) is 11.7. The summed E-state index contributed by atoms with van der Waals surface area (Å²) in [6.45, 7) is 4.04. The van der Waals surface area contributed by atoms with Crippen LogP contribution >= 0.6 is 15.9 Å². The van der Waals surface area contributed by atoms with Gasteiger partial charge in [0.05, 0.1) is 4.47 Å². The van der Waals surface area contributed by atoms with Gasteiger partial charge >= 0.3 is 0 Å². The minimum Gasteiger partial charge on any atom is -0.488 e. The van der Waals surface area contributed by atoms with Crippen molar-refractivity contribution >= 4 is 38.3 Å². The van der Waals surface area contributed by atoms with E-state index < -0.39 is 0 Å². The van der Waals surface area contributed by atoms with Crippen molar-refractivity contribution in [2.45, 2.75) is 0 Å². The Kier molecular flexibility index (Phi) is 4.96. The van der Waals surface area contributed by atoms with Crippen LogP contribution in [0.4, 0.5) is 5.69 Å². The molecular formula is C20H16BrNO2. The summed E-state index contributed by atoms with van der Waals surface area (Å²) in [5.41, 5.74) is 1.35. The Bertz CT molecular complexity index is 900. The third kappa shape index (κ3) is 3.49. The van der Waals surface area contributed by atoms with Crippen molar-refractivity contribution in [1.29, 1.82) is 0 Å². The topological polar surface area (TPSA) is 38.3 Å². The molecule has 3 rings (SSSR count). The van der Waals surface area contributed by atoms with Crippen LogP contribution < -0.4 is 10.1 Å². The molecule has 0 unspecified atom stereocenters. The zero-order chi connectivity index (χ0) is 16.9. The molecule has 24 heavy (non-hydrogen) atoms. The zero-order valence-corrected chi connectivity index (χ0v) is 14.5. The van der Waals surface area contributed by atoms with Gasteiger partial charge in [0.25, 0.3) is 5.91 Å². The second-order valence-electron chi connectivity index (χ2n) is 5.23. The third-order valence-electron chi connectivity index (χ3n) is 3.59. The van der Waals surface area contributed by atoms with Gasteiger partial charge < -0.3 is 10.1 Å². The van der Waals surface area contributed by atoms with Crippen LogP contribution in [0.3, 0.4) is 0 Å². The molecule has 1 N–H and O–H groups in total. The van der Waals surface area contributed by atoms with E-state index in [4.69, 9.17) is 4.74 Å². The summed E-state index contributed by atoms with van der Waals surface area (Å²) in [5, 5.41) is 5.07. The first kappa shape index (κ1) is 16.3. The van der Waals surface area contributed by atoms with E-state index >= 15 is 0 Å². The largest absolute Gasteiger partial charge is 0.488 e. The van der Waals surface area contributed by atoms with E-state index in [1.807, 2.05) is 42.5 Å². The molecule has 120 valence electrons. The van der Waals surface area contributed by atoms with Crippen LogP contribution in [0, 0.1) is 0 Å². The molecule has 0 saturated heterocycles. The fourth-order valence-corrected chi connectivity index (χ4v) is 2.93. The number of hydrogen-bond acceptors (Lipinski definition) is 2. The van der Waals surface area contributed by atoms with Crippen LogP contribution in [-0.4, -0.2) is 12.5 Å². The molecule has 3 aromatic carbocycles. The van der Waals surface area contributed by atoms with E-state index in [9.17, 15) is 4.79 Å². The minimum absolute atomic E-state index is 0.165. The van der Waals surface area contributed by atoms with Crippen molar-refractivity contribution in [3.63, 3.8) is 0 Å².